The molecule has 0 radical (unpaired) electrons. The maximum atomic E-state index is 12.3. The second kappa shape index (κ2) is 8.20. The van der Waals surface area contributed by atoms with Gasteiger partial charge in [0.1, 0.15) is 12.4 Å². The summed E-state index contributed by atoms with van der Waals surface area (Å²) in [7, 11) is 1.63. The zero-order valence-electron chi connectivity index (χ0n) is 13.8. The van der Waals surface area contributed by atoms with E-state index in [1.807, 2.05) is 6.07 Å². The van der Waals surface area contributed by atoms with Gasteiger partial charge < -0.3 is 24.8 Å². The number of methoxy groups -OCH3 is 1. The monoisotopic (exact) mass is 362 g/mol. The molecule has 1 aliphatic heterocycles. The Labute approximate surface area is 151 Å². The van der Waals surface area contributed by atoms with Crippen molar-refractivity contribution in [3.8, 4) is 5.75 Å². The van der Waals surface area contributed by atoms with E-state index in [-0.39, 0.29) is 5.91 Å². The SMILES string of the molecule is COCCOCCOc1ccc2c(c1)Nc1cc(Cl)ccc1C(=O)N2. The Morgan fingerprint density at radius 1 is 0.920 bits per heavy atom. The number of halogens is 1. The molecule has 0 aliphatic carbocycles. The summed E-state index contributed by atoms with van der Waals surface area (Å²) in [5.41, 5.74) is 2.62. The Hall–Kier alpha value is -2.28. The fourth-order valence-corrected chi connectivity index (χ4v) is 2.61. The highest BCUT2D eigenvalue weighted by Crippen LogP contribution is 2.35. The number of rotatable bonds is 7. The van der Waals surface area contributed by atoms with Crippen molar-refractivity contribution in [3.63, 3.8) is 0 Å². The summed E-state index contributed by atoms with van der Waals surface area (Å²) in [5, 5.41) is 6.67. The number of carbonyl (C=O) groups is 1. The van der Waals surface area contributed by atoms with E-state index in [1.165, 1.54) is 0 Å². The zero-order chi connectivity index (χ0) is 17.6. The molecule has 3 rings (SSSR count). The third-order valence-electron chi connectivity index (χ3n) is 3.66. The quantitative estimate of drug-likeness (QED) is 0.735. The Morgan fingerprint density at radius 3 is 2.60 bits per heavy atom. The van der Waals surface area contributed by atoms with Crippen molar-refractivity contribution in [1.29, 1.82) is 0 Å². The van der Waals surface area contributed by atoms with Crippen LogP contribution in [0.2, 0.25) is 5.02 Å². The number of benzene rings is 2. The third-order valence-corrected chi connectivity index (χ3v) is 3.90. The third kappa shape index (κ3) is 4.42. The largest absolute Gasteiger partial charge is 0.491 e. The first-order chi connectivity index (χ1) is 12.2. The highest BCUT2D eigenvalue weighted by atomic mass is 35.5. The highest BCUT2D eigenvalue weighted by molar-refractivity contribution is 6.31. The molecule has 0 aromatic heterocycles. The highest BCUT2D eigenvalue weighted by Gasteiger charge is 2.19. The van der Waals surface area contributed by atoms with Gasteiger partial charge in [0.25, 0.3) is 5.91 Å². The van der Waals surface area contributed by atoms with Crippen LogP contribution >= 0.6 is 11.6 Å². The number of nitrogens with one attached hydrogen (secondary N) is 2. The fourth-order valence-electron chi connectivity index (χ4n) is 2.44. The predicted molar refractivity (Wildman–Crippen MR) is 97.3 cm³/mol. The molecule has 7 heteroatoms. The molecule has 1 heterocycles. The number of anilines is 3. The molecule has 0 atom stereocenters. The number of amides is 1. The van der Waals surface area contributed by atoms with Crippen molar-refractivity contribution >= 4 is 34.6 Å². The second-order valence-electron chi connectivity index (χ2n) is 5.43. The van der Waals surface area contributed by atoms with E-state index in [0.717, 1.165) is 5.69 Å². The van der Waals surface area contributed by atoms with Crippen LogP contribution in [0.4, 0.5) is 17.1 Å². The van der Waals surface area contributed by atoms with Crippen molar-refractivity contribution in [3.05, 3.63) is 47.0 Å². The molecule has 132 valence electrons. The van der Waals surface area contributed by atoms with Crippen molar-refractivity contribution in [2.75, 3.05) is 44.2 Å². The first-order valence-electron chi connectivity index (χ1n) is 7.89. The van der Waals surface area contributed by atoms with Crippen molar-refractivity contribution < 1.29 is 19.0 Å². The molecule has 0 fully saturated rings. The predicted octanol–water partition coefficient (Wildman–Crippen LogP) is 3.69. The van der Waals surface area contributed by atoms with E-state index in [9.17, 15) is 4.79 Å². The molecular weight excluding hydrogens is 344 g/mol. The van der Waals surface area contributed by atoms with Gasteiger partial charge in [-0.1, -0.05) is 11.6 Å². The van der Waals surface area contributed by atoms with Gasteiger partial charge in [0.15, 0.2) is 0 Å². The molecule has 1 amide bonds. The van der Waals surface area contributed by atoms with Crippen LogP contribution in [0.3, 0.4) is 0 Å². The van der Waals surface area contributed by atoms with E-state index in [2.05, 4.69) is 10.6 Å². The Morgan fingerprint density at radius 2 is 1.76 bits per heavy atom. The first-order valence-corrected chi connectivity index (χ1v) is 8.26. The Balaban J connectivity index is 1.69. The lowest BCUT2D eigenvalue weighted by molar-refractivity contribution is 0.0544. The molecule has 0 saturated heterocycles. The topological polar surface area (TPSA) is 68.8 Å². The summed E-state index contributed by atoms with van der Waals surface area (Å²) in [4.78, 5) is 12.3. The second-order valence-corrected chi connectivity index (χ2v) is 5.87. The van der Waals surface area contributed by atoms with Crippen LogP contribution in [0.1, 0.15) is 10.4 Å². The van der Waals surface area contributed by atoms with Crippen LogP contribution < -0.4 is 15.4 Å². The summed E-state index contributed by atoms with van der Waals surface area (Å²) in [6.07, 6.45) is 0. The maximum absolute atomic E-state index is 12.3. The number of hydrogen-bond donors (Lipinski definition) is 2. The minimum Gasteiger partial charge on any atom is -0.491 e. The summed E-state index contributed by atoms with van der Waals surface area (Å²) in [6.45, 7) is 2.00. The molecular formula is C18H19ClN2O4. The molecule has 0 unspecified atom stereocenters. The molecule has 6 nitrogen and oxygen atoms in total. The molecule has 2 aromatic carbocycles. The van der Waals surface area contributed by atoms with Crippen LogP contribution in [-0.4, -0.2) is 39.4 Å². The van der Waals surface area contributed by atoms with Gasteiger partial charge in [-0.25, -0.2) is 0 Å². The van der Waals surface area contributed by atoms with Gasteiger partial charge in [-0.15, -0.1) is 0 Å². The van der Waals surface area contributed by atoms with Gasteiger partial charge >= 0.3 is 0 Å². The molecule has 0 spiro atoms. The lowest BCUT2D eigenvalue weighted by Gasteiger charge is -2.12. The fraction of sp³-hybridized carbons (Fsp3) is 0.278. The minimum absolute atomic E-state index is 0.182. The van der Waals surface area contributed by atoms with Gasteiger partial charge in [0, 0.05) is 18.2 Å². The van der Waals surface area contributed by atoms with E-state index >= 15 is 0 Å². The molecule has 1 aliphatic rings. The number of fused-ring (bicyclic) bond motifs is 2. The minimum atomic E-state index is -0.182. The summed E-state index contributed by atoms with van der Waals surface area (Å²) in [6, 6.07) is 10.5. The zero-order valence-corrected chi connectivity index (χ0v) is 14.6. The molecule has 2 aromatic rings. The van der Waals surface area contributed by atoms with Crippen LogP contribution in [0.25, 0.3) is 0 Å². The van der Waals surface area contributed by atoms with Crippen LogP contribution in [0.5, 0.6) is 5.75 Å². The lowest BCUT2D eigenvalue weighted by atomic mass is 10.1. The van der Waals surface area contributed by atoms with Crippen molar-refractivity contribution in [2.24, 2.45) is 0 Å². The average Bonchev–Trinajstić information content (AvgIpc) is 2.73. The van der Waals surface area contributed by atoms with Crippen molar-refractivity contribution in [2.45, 2.75) is 0 Å². The summed E-state index contributed by atoms with van der Waals surface area (Å²) >= 11 is 6.04. The van der Waals surface area contributed by atoms with E-state index < -0.39 is 0 Å². The first kappa shape index (κ1) is 17.5. The lowest BCUT2D eigenvalue weighted by Crippen LogP contribution is -2.11. The number of ether oxygens (including phenoxy) is 3. The van der Waals surface area contributed by atoms with Gasteiger partial charge in [0.2, 0.25) is 0 Å². The van der Waals surface area contributed by atoms with Gasteiger partial charge in [-0.3, -0.25) is 4.79 Å². The standard InChI is InChI=1S/C18H19ClN2O4/c1-23-6-7-24-8-9-25-13-3-5-15-17(11-13)20-16-10-12(19)2-4-14(16)18(22)21-15/h2-5,10-11,20H,6-9H2,1H3,(H,21,22). The van der Waals surface area contributed by atoms with Crippen LogP contribution in [0.15, 0.2) is 36.4 Å². The molecule has 25 heavy (non-hydrogen) atoms. The molecule has 0 saturated carbocycles. The molecule has 0 bridgehead atoms. The normalized spacial score (nSPS) is 12.5. The van der Waals surface area contributed by atoms with Crippen LogP contribution in [0, 0.1) is 0 Å². The Bertz CT molecular complexity index is 767. The summed E-state index contributed by atoms with van der Waals surface area (Å²) in [5.74, 6) is 0.499. The molecule has 2 N–H and O–H groups in total. The summed E-state index contributed by atoms with van der Waals surface area (Å²) < 4.78 is 16.0. The number of carbonyl (C=O) groups excluding carboxylic acids is 1. The maximum Gasteiger partial charge on any atom is 0.257 e. The van der Waals surface area contributed by atoms with Crippen LogP contribution in [-0.2, 0) is 9.47 Å². The van der Waals surface area contributed by atoms with Gasteiger partial charge in [-0.2, -0.15) is 0 Å². The van der Waals surface area contributed by atoms with E-state index in [0.29, 0.717) is 54.1 Å². The smallest absolute Gasteiger partial charge is 0.257 e. The van der Waals surface area contributed by atoms with Gasteiger partial charge in [0.05, 0.1) is 42.4 Å². The van der Waals surface area contributed by atoms with Crippen molar-refractivity contribution in [1.82, 2.24) is 0 Å². The Kier molecular flexibility index (Phi) is 5.75. The van der Waals surface area contributed by atoms with E-state index in [1.54, 1.807) is 37.4 Å². The van der Waals surface area contributed by atoms with E-state index in [4.69, 9.17) is 25.8 Å². The van der Waals surface area contributed by atoms with Gasteiger partial charge in [-0.05, 0) is 30.3 Å². The average molecular weight is 363 g/mol. The number of hydrogen-bond acceptors (Lipinski definition) is 5.